The molecule has 5 atom stereocenters. The molecular weight excluding hydrogens is 372 g/mol. The zero-order valence-electron chi connectivity index (χ0n) is 16.5. The van der Waals surface area contributed by atoms with E-state index in [2.05, 4.69) is 4.98 Å². The molecule has 0 spiro atoms. The molecule has 0 saturated carbocycles. The number of aryl methyl sites for hydroxylation is 1. The van der Waals surface area contributed by atoms with Crippen LogP contribution in [-0.4, -0.2) is 58.8 Å². The van der Waals surface area contributed by atoms with Gasteiger partial charge in [0.1, 0.15) is 18.3 Å². The van der Waals surface area contributed by atoms with Crippen LogP contribution < -0.4 is 11.2 Å². The van der Waals surface area contributed by atoms with Gasteiger partial charge >= 0.3 is 5.69 Å². The quantitative estimate of drug-likeness (QED) is 0.620. The monoisotopic (exact) mass is 400 g/mol. The third kappa shape index (κ3) is 3.24. The van der Waals surface area contributed by atoms with Gasteiger partial charge in [-0.05, 0) is 25.1 Å². The molecule has 1 aromatic rings. The number of aromatic nitrogens is 2. The minimum absolute atomic E-state index is 0.0925. The Morgan fingerprint density at radius 2 is 2.00 bits per heavy atom. The zero-order chi connectivity index (χ0) is 20.4. The molecule has 10 heteroatoms. The van der Waals surface area contributed by atoms with E-state index in [9.17, 15) is 19.8 Å². The van der Waals surface area contributed by atoms with Gasteiger partial charge in [-0.3, -0.25) is 14.3 Å². The Kier molecular flexibility index (Phi) is 4.81. The Balaban J connectivity index is 2.08. The second-order valence-electron chi connectivity index (χ2n) is 8.85. The predicted octanol–water partition coefficient (Wildman–Crippen LogP) is 0.213. The molecule has 27 heavy (non-hydrogen) atoms. The van der Waals surface area contributed by atoms with Gasteiger partial charge in [0, 0.05) is 11.8 Å². The molecule has 0 aromatic carbocycles. The van der Waals surface area contributed by atoms with Crippen molar-refractivity contribution in [1.82, 2.24) is 9.55 Å². The number of aliphatic hydroxyl groups is 2. The molecule has 2 aliphatic rings. The summed E-state index contributed by atoms with van der Waals surface area (Å²) in [6, 6.07) is 0. The smallest absolute Gasteiger partial charge is 0.330 e. The summed E-state index contributed by atoms with van der Waals surface area (Å²) in [5, 5.41) is 21.1. The number of aromatic amines is 1. The summed E-state index contributed by atoms with van der Waals surface area (Å²) in [6.45, 7) is 11.6. The van der Waals surface area contributed by atoms with Gasteiger partial charge in [-0.2, -0.15) is 0 Å². The van der Waals surface area contributed by atoms with Crippen molar-refractivity contribution in [1.29, 1.82) is 0 Å². The van der Waals surface area contributed by atoms with Crippen LogP contribution >= 0.6 is 0 Å². The lowest BCUT2D eigenvalue weighted by molar-refractivity contribution is -0.223. The Labute approximate surface area is 158 Å². The normalized spacial score (nSPS) is 34.1. The second kappa shape index (κ2) is 6.36. The van der Waals surface area contributed by atoms with E-state index in [1.165, 1.54) is 10.8 Å². The summed E-state index contributed by atoms with van der Waals surface area (Å²) >= 11 is 0. The van der Waals surface area contributed by atoms with Gasteiger partial charge in [-0.1, -0.05) is 20.8 Å². The largest absolute Gasteiger partial charge is 0.404 e. The Morgan fingerprint density at radius 3 is 2.59 bits per heavy atom. The van der Waals surface area contributed by atoms with Crippen molar-refractivity contribution in [2.75, 3.05) is 6.61 Å². The first kappa shape index (κ1) is 20.4. The maximum Gasteiger partial charge on any atom is 0.330 e. The van der Waals surface area contributed by atoms with Crippen LogP contribution in [0.5, 0.6) is 0 Å². The molecule has 1 aromatic heterocycles. The van der Waals surface area contributed by atoms with Crippen LogP contribution in [0.25, 0.3) is 0 Å². The van der Waals surface area contributed by atoms with E-state index in [4.69, 9.17) is 13.9 Å². The van der Waals surface area contributed by atoms with Gasteiger partial charge in [-0.15, -0.1) is 0 Å². The molecule has 0 radical (unpaired) electrons. The Hall–Kier alpha value is -1.30. The van der Waals surface area contributed by atoms with Gasteiger partial charge in [0.15, 0.2) is 14.5 Å². The second-order valence-corrected chi connectivity index (χ2v) is 13.6. The number of nitrogens with zero attached hydrogens (tertiary/aromatic N) is 1. The average molecular weight is 401 g/mol. The zero-order valence-corrected chi connectivity index (χ0v) is 17.5. The van der Waals surface area contributed by atoms with Crippen LogP contribution in [0.2, 0.25) is 18.1 Å². The molecule has 0 amide bonds. The number of fused-ring (bicyclic) bond motifs is 1. The van der Waals surface area contributed by atoms with Gasteiger partial charge in [0.25, 0.3) is 5.56 Å². The first-order chi connectivity index (χ1) is 12.3. The molecule has 2 aliphatic heterocycles. The standard InChI is InChI=1S/C17H28N2O7Si/c1-9-7-19(15(22)18-13(9)21)14-12(26-27(5,6)16(2,3)4)17(23)11(25-14)10(20)8-24-17/h7,10-12,14,20,23H,8H2,1-6H3,(H,18,21,22)/t10-,11-,12+,14-,17+/m1/s1. The SMILES string of the molecule is Cc1cn([C@@H]2O[C@@H]3[C@H](O)CO[C@]3(O)[C@H]2O[Si](C)(C)C(C)(C)C)c(=O)[nH]c1=O. The predicted molar refractivity (Wildman–Crippen MR) is 98.9 cm³/mol. The number of ether oxygens (including phenoxy) is 2. The number of rotatable bonds is 3. The first-order valence-electron chi connectivity index (χ1n) is 8.98. The van der Waals surface area contributed by atoms with E-state index in [0.29, 0.717) is 5.56 Å². The minimum Gasteiger partial charge on any atom is -0.404 e. The topological polar surface area (TPSA) is 123 Å². The highest BCUT2D eigenvalue weighted by Crippen LogP contribution is 2.48. The molecule has 0 bridgehead atoms. The Morgan fingerprint density at radius 1 is 1.37 bits per heavy atom. The number of aliphatic hydroxyl groups excluding tert-OH is 1. The van der Waals surface area contributed by atoms with E-state index in [1.807, 2.05) is 33.9 Å². The summed E-state index contributed by atoms with van der Waals surface area (Å²) < 4.78 is 18.9. The maximum absolute atomic E-state index is 12.4. The molecule has 152 valence electrons. The van der Waals surface area contributed by atoms with Crippen LogP contribution in [0.15, 0.2) is 15.8 Å². The van der Waals surface area contributed by atoms with Gasteiger partial charge < -0.3 is 24.1 Å². The van der Waals surface area contributed by atoms with Gasteiger partial charge in [0.05, 0.1) is 6.61 Å². The average Bonchev–Trinajstić information content (AvgIpc) is 2.97. The van der Waals surface area contributed by atoms with Crippen molar-refractivity contribution in [3.8, 4) is 0 Å². The number of H-pyrrole nitrogens is 1. The third-order valence-corrected chi connectivity index (χ3v) is 10.3. The van der Waals surface area contributed by atoms with E-state index in [-0.39, 0.29) is 11.6 Å². The minimum atomic E-state index is -2.40. The summed E-state index contributed by atoms with van der Waals surface area (Å²) in [7, 11) is -2.40. The molecule has 0 unspecified atom stereocenters. The van der Waals surface area contributed by atoms with Gasteiger partial charge in [0.2, 0.25) is 5.79 Å². The highest BCUT2D eigenvalue weighted by Gasteiger charge is 2.66. The summed E-state index contributed by atoms with van der Waals surface area (Å²) in [6.07, 6.45) is -2.83. The number of nitrogens with one attached hydrogen (secondary N) is 1. The van der Waals surface area contributed by atoms with Crippen molar-refractivity contribution in [3.05, 3.63) is 32.6 Å². The highest BCUT2D eigenvalue weighted by molar-refractivity contribution is 6.74. The first-order valence-corrected chi connectivity index (χ1v) is 11.9. The van der Waals surface area contributed by atoms with Crippen LogP contribution in [-0.2, 0) is 13.9 Å². The van der Waals surface area contributed by atoms with Crippen molar-refractivity contribution in [3.63, 3.8) is 0 Å². The van der Waals surface area contributed by atoms with E-state index in [0.717, 1.165) is 0 Å². The van der Waals surface area contributed by atoms with E-state index in [1.54, 1.807) is 6.92 Å². The Bertz CT molecular complexity index is 843. The lowest BCUT2D eigenvalue weighted by Gasteiger charge is -2.42. The van der Waals surface area contributed by atoms with Crippen LogP contribution in [0.4, 0.5) is 0 Å². The lowest BCUT2D eigenvalue weighted by Crippen LogP contribution is -2.55. The molecular formula is C17H28N2O7Si. The van der Waals surface area contributed by atoms with E-state index < -0.39 is 49.9 Å². The molecule has 3 N–H and O–H groups in total. The highest BCUT2D eigenvalue weighted by atomic mass is 28.4. The summed E-state index contributed by atoms with van der Waals surface area (Å²) in [5.41, 5.74) is -0.862. The number of hydrogen-bond donors (Lipinski definition) is 3. The van der Waals surface area contributed by atoms with Crippen molar-refractivity contribution < 1.29 is 24.1 Å². The molecule has 9 nitrogen and oxygen atoms in total. The molecule has 0 aliphatic carbocycles. The van der Waals surface area contributed by atoms with Gasteiger partial charge in [-0.25, -0.2) is 4.79 Å². The van der Waals surface area contributed by atoms with Crippen molar-refractivity contribution >= 4 is 8.32 Å². The summed E-state index contributed by atoms with van der Waals surface area (Å²) in [5.74, 6) is -1.89. The number of hydrogen-bond acceptors (Lipinski definition) is 7. The fraction of sp³-hybridized carbons (Fsp3) is 0.765. The van der Waals surface area contributed by atoms with Crippen LogP contribution in [0.1, 0.15) is 32.6 Å². The molecule has 2 fully saturated rings. The molecule has 3 rings (SSSR count). The van der Waals surface area contributed by atoms with Crippen LogP contribution in [0, 0.1) is 6.92 Å². The lowest BCUT2D eigenvalue weighted by atomic mass is 10.0. The van der Waals surface area contributed by atoms with Crippen molar-refractivity contribution in [2.24, 2.45) is 0 Å². The van der Waals surface area contributed by atoms with Crippen molar-refractivity contribution in [2.45, 2.75) is 76.2 Å². The third-order valence-electron chi connectivity index (χ3n) is 5.84. The fourth-order valence-corrected chi connectivity index (χ4v) is 4.42. The maximum atomic E-state index is 12.4. The molecule has 3 heterocycles. The van der Waals surface area contributed by atoms with Crippen LogP contribution in [0.3, 0.4) is 0 Å². The summed E-state index contributed by atoms with van der Waals surface area (Å²) in [4.78, 5) is 26.3. The molecule has 2 saturated heterocycles. The fourth-order valence-electron chi connectivity index (χ4n) is 3.15. The van der Waals surface area contributed by atoms with E-state index >= 15 is 0 Å².